The van der Waals surface area contributed by atoms with E-state index in [1.807, 2.05) is 12.1 Å². The molecular weight excluding hydrogens is 236 g/mol. The molecule has 3 aromatic carbocycles. The Hall–Kier alpha value is -1.90. The van der Waals surface area contributed by atoms with E-state index < -0.39 is 0 Å². The Morgan fingerprint density at radius 3 is 1.68 bits per heavy atom. The first-order valence-electron chi connectivity index (χ1n) is 6.31. The molecule has 2 nitrogen and oxygen atoms in total. The highest BCUT2D eigenvalue weighted by molar-refractivity contribution is 6.02. The van der Waals surface area contributed by atoms with Gasteiger partial charge in [-0.2, -0.15) is 0 Å². The van der Waals surface area contributed by atoms with Crippen molar-refractivity contribution in [2.75, 3.05) is 14.2 Å². The number of benzene rings is 3. The van der Waals surface area contributed by atoms with E-state index in [0.29, 0.717) is 0 Å². The van der Waals surface area contributed by atoms with Gasteiger partial charge in [0.05, 0.1) is 0 Å². The van der Waals surface area contributed by atoms with Gasteiger partial charge in [0.1, 0.15) is 0 Å². The minimum Gasteiger partial charge on any atom is -0.352 e. The van der Waals surface area contributed by atoms with Gasteiger partial charge in [-0.1, -0.05) is 48.5 Å². The minimum absolute atomic E-state index is 0.351. The first kappa shape index (κ1) is 12.2. The standard InChI is InChI=1S/C17H16O2/c1-18-17(19-2)16-14-9-5-3-7-12(14)11-13-8-4-6-10-15(13)16/h3-11,17H,1-2H3. The second-order valence-corrected chi connectivity index (χ2v) is 4.54. The summed E-state index contributed by atoms with van der Waals surface area (Å²) in [6, 6.07) is 18.9. The van der Waals surface area contributed by atoms with Crippen molar-refractivity contribution in [3.8, 4) is 0 Å². The van der Waals surface area contributed by atoms with Crippen LogP contribution in [0.3, 0.4) is 0 Å². The molecule has 96 valence electrons. The van der Waals surface area contributed by atoms with Crippen LogP contribution in [0.15, 0.2) is 54.6 Å². The Labute approximate surface area is 112 Å². The van der Waals surface area contributed by atoms with Gasteiger partial charge < -0.3 is 9.47 Å². The van der Waals surface area contributed by atoms with Gasteiger partial charge in [0, 0.05) is 19.8 Å². The lowest BCUT2D eigenvalue weighted by Crippen LogP contribution is -2.05. The van der Waals surface area contributed by atoms with Crippen LogP contribution < -0.4 is 0 Å². The number of methoxy groups -OCH3 is 2. The molecule has 19 heavy (non-hydrogen) atoms. The molecule has 0 fully saturated rings. The number of hydrogen-bond donors (Lipinski definition) is 0. The number of fused-ring (bicyclic) bond motifs is 2. The van der Waals surface area contributed by atoms with Gasteiger partial charge in [-0.3, -0.25) is 0 Å². The molecule has 0 N–H and O–H groups in total. The zero-order valence-electron chi connectivity index (χ0n) is 11.1. The van der Waals surface area contributed by atoms with Crippen molar-refractivity contribution in [3.05, 3.63) is 60.2 Å². The second kappa shape index (κ2) is 5.00. The van der Waals surface area contributed by atoms with Crippen molar-refractivity contribution in [2.24, 2.45) is 0 Å². The predicted octanol–water partition coefficient (Wildman–Crippen LogP) is 4.28. The Morgan fingerprint density at radius 2 is 1.21 bits per heavy atom. The van der Waals surface area contributed by atoms with Crippen molar-refractivity contribution >= 4 is 21.5 Å². The van der Waals surface area contributed by atoms with Crippen LogP contribution in [-0.4, -0.2) is 14.2 Å². The molecule has 0 atom stereocenters. The van der Waals surface area contributed by atoms with Crippen molar-refractivity contribution in [2.45, 2.75) is 6.29 Å². The topological polar surface area (TPSA) is 18.5 Å². The molecule has 0 aromatic heterocycles. The summed E-state index contributed by atoms with van der Waals surface area (Å²) in [5.41, 5.74) is 1.10. The van der Waals surface area contributed by atoms with E-state index in [1.165, 1.54) is 21.5 Å². The quantitative estimate of drug-likeness (QED) is 0.511. The summed E-state index contributed by atoms with van der Waals surface area (Å²) in [5, 5.41) is 4.76. The molecule has 2 heteroatoms. The van der Waals surface area contributed by atoms with E-state index in [9.17, 15) is 0 Å². The van der Waals surface area contributed by atoms with Gasteiger partial charge in [-0.15, -0.1) is 0 Å². The van der Waals surface area contributed by atoms with Crippen LogP contribution in [0.1, 0.15) is 11.9 Å². The van der Waals surface area contributed by atoms with Gasteiger partial charge in [0.2, 0.25) is 0 Å². The molecule has 0 aliphatic rings. The zero-order chi connectivity index (χ0) is 13.2. The third-order valence-corrected chi connectivity index (χ3v) is 3.48. The average Bonchev–Trinajstić information content (AvgIpc) is 2.47. The van der Waals surface area contributed by atoms with E-state index in [4.69, 9.17) is 9.47 Å². The first-order valence-corrected chi connectivity index (χ1v) is 6.31. The molecule has 0 heterocycles. The van der Waals surface area contributed by atoms with Crippen molar-refractivity contribution < 1.29 is 9.47 Å². The molecule has 0 unspecified atom stereocenters. The maximum absolute atomic E-state index is 5.48. The van der Waals surface area contributed by atoms with Crippen LogP contribution in [0.5, 0.6) is 0 Å². The van der Waals surface area contributed by atoms with E-state index >= 15 is 0 Å². The summed E-state index contributed by atoms with van der Waals surface area (Å²) < 4.78 is 11.0. The summed E-state index contributed by atoms with van der Waals surface area (Å²) in [6.07, 6.45) is -0.351. The zero-order valence-corrected chi connectivity index (χ0v) is 11.1. The summed E-state index contributed by atoms with van der Waals surface area (Å²) in [6.45, 7) is 0. The summed E-state index contributed by atoms with van der Waals surface area (Å²) in [7, 11) is 3.34. The number of hydrogen-bond acceptors (Lipinski definition) is 2. The summed E-state index contributed by atoms with van der Waals surface area (Å²) in [4.78, 5) is 0. The lowest BCUT2D eigenvalue weighted by atomic mass is 9.96. The van der Waals surface area contributed by atoms with E-state index in [1.54, 1.807) is 14.2 Å². The molecule has 3 rings (SSSR count). The van der Waals surface area contributed by atoms with Crippen molar-refractivity contribution in [1.29, 1.82) is 0 Å². The molecular formula is C17H16O2. The fourth-order valence-corrected chi connectivity index (χ4v) is 2.63. The summed E-state index contributed by atoms with van der Waals surface area (Å²) in [5.74, 6) is 0. The normalized spacial score (nSPS) is 11.5. The highest BCUT2D eigenvalue weighted by atomic mass is 16.7. The number of rotatable bonds is 3. The van der Waals surface area contributed by atoms with Crippen molar-refractivity contribution in [3.63, 3.8) is 0 Å². The van der Waals surface area contributed by atoms with Crippen LogP contribution >= 0.6 is 0 Å². The largest absolute Gasteiger partial charge is 0.352 e. The highest BCUT2D eigenvalue weighted by Crippen LogP contribution is 2.34. The van der Waals surface area contributed by atoms with Gasteiger partial charge in [-0.25, -0.2) is 0 Å². The SMILES string of the molecule is COC(OC)c1c2ccccc2cc2ccccc12. The Bertz CT molecular complexity index is 661. The maximum atomic E-state index is 5.48. The minimum atomic E-state index is -0.351. The number of ether oxygens (including phenoxy) is 2. The van der Waals surface area contributed by atoms with Crippen LogP contribution in [0.4, 0.5) is 0 Å². The van der Waals surface area contributed by atoms with Crippen LogP contribution in [0, 0.1) is 0 Å². The summed E-state index contributed by atoms with van der Waals surface area (Å²) >= 11 is 0. The Morgan fingerprint density at radius 1 is 0.737 bits per heavy atom. The lowest BCUT2D eigenvalue weighted by molar-refractivity contribution is -0.104. The van der Waals surface area contributed by atoms with Gasteiger partial charge in [0.25, 0.3) is 0 Å². The molecule has 0 radical (unpaired) electrons. The highest BCUT2D eigenvalue weighted by Gasteiger charge is 2.16. The fourth-order valence-electron chi connectivity index (χ4n) is 2.63. The maximum Gasteiger partial charge on any atom is 0.184 e. The van der Waals surface area contributed by atoms with Gasteiger partial charge in [-0.05, 0) is 27.6 Å². The fraction of sp³-hybridized carbons (Fsp3) is 0.176. The average molecular weight is 252 g/mol. The molecule has 0 amide bonds. The predicted molar refractivity (Wildman–Crippen MR) is 78.2 cm³/mol. The van der Waals surface area contributed by atoms with E-state index in [0.717, 1.165) is 5.56 Å². The van der Waals surface area contributed by atoms with Gasteiger partial charge in [0.15, 0.2) is 6.29 Å². The molecule has 0 aliphatic heterocycles. The molecule has 0 saturated carbocycles. The molecule has 0 saturated heterocycles. The third kappa shape index (κ3) is 1.99. The lowest BCUT2D eigenvalue weighted by Gasteiger charge is -2.18. The molecule has 3 aromatic rings. The Kier molecular flexibility index (Phi) is 3.20. The van der Waals surface area contributed by atoms with Crippen LogP contribution in [0.25, 0.3) is 21.5 Å². The third-order valence-electron chi connectivity index (χ3n) is 3.48. The molecule has 0 bridgehead atoms. The monoisotopic (exact) mass is 252 g/mol. The van der Waals surface area contributed by atoms with Crippen molar-refractivity contribution in [1.82, 2.24) is 0 Å². The molecule has 0 spiro atoms. The molecule has 0 aliphatic carbocycles. The smallest absolute Gasteiger partial charge is 0.184 e. The second-order valence-electron chi connectivity index (χ2n) is 4.54. The Balaban J connectivity index is 2.45. The van der Waals surface area contributed by atoms with Crippen LogP contribution in [-0.2, 0) is 9.47 Å². The van der Waals surface area contributed by atoms with Gasteiger partial charge >= 0.3 is 0 Å². The van der Waals surface area contributed by atoms with E-state index in [2.05, 4.69) is 42.5 Å². The first-order chi connectivity index (χ1) is 9.35. The van der Waals surface area contributed by atoms with Crippen LogP contribution in [0.2, 0.25) is 0 Å². The van der Waals surface area contributed by atoms with E-state index in [-0.39, 0.29) is 6.29 Å².